The van der Waals surface area contributed by atoms with Gasteiger partial charge < -0.3 is 0 Å². The lowest BCUT2D eigenvalue weighted by Gasteiger charge is -1.91. The van der Waals surface area contributed by atoms with Crippen LogP contribution in [0.15, 0.2) is 18.7 Å². The maximum Gasteiger partial charge on any atom is 0.364 e. The van der Waals surface area contributed by atoms with Crippen molar-refractivity contribution in [1.29, 1.82) is 0 Å². The summed E-state index contributed by atoms with van der Waals surface area (Å²) in [6.45, 7) is 0. The van der Waals surface area contributed by atoms with Crippen LogP contribution in [0.5, 0.6) is 0 Å². The van der Waals surface area contributed by atoms with Crippen molar-refractivity contribution in [3.05, 3.63) is 18.7 Å². The van der Waals surface area contributed by atoms with E-state index in [-0.39, 0.29) is 12.4 Å². The molecule has 0 spiro atoms. The molecule has 5 nitrogen and oxygen atoms in total. The van der Waals surface area contributed by atoms with Crippen molar-refractivity contribution in [3.8, 4) is 0 Å². The van der Waals surface area contributed by atoms with Crippen molar-refractivity contribution in [2.24, 2.45) is 0 Å². The van der Waals surface area contributed by atoms with Gasteiger partial charge in [0.05, 0.1) is 0 Å². The highest BCUT2D eigenvalue weighted by Gasteiger charge is 2.03. The van der Waals surface area contributed by atoms with Crippen LogP contribution in [-0.4, -0.2) is 21.9 Å². The fraction of sp³-hybridized carbons (Fsp3) is 0. The zero-order chi connectivity index (χ0) is 6.91. The minimum Gasteiger partial charge on any atom is -0.269 e. The van der Waals surface area contributed by atoms with Crippen LogP contribution in [0, 0.1) is 0 Å². The van der Waals surface area contributed by atoms with Gasteiger partial charge in [-0.15, -0.1) is 12.4 Å². The molecule has 1 N–H and O–H groups in total. The van der Waals surface area contributed by atoms with Crippen molar-refractivity contribution < 1.29 is 13.0 Å². The molecule has 0 aromatic carbocycles. The zero-order valence-electron chi connectivity index (χ0n) is 4.71. The lowest BCUT2D eigenvalue weighted by atomic mass is 11.0. The summed E-state index contributed by atoms with van der Waals surface area (Å²) in [4.78, 5) is 3.41. The van der Waals surface area contributed by atoms with Gasteiger partial charge in [0.25, 0.3) is 0 Å². The van der Waals surface area contributed by atoms with Crippen LogP contribution in [0.4, 0.5) is 0 Å². The Balaban J connectivity index is 0.000000810. The number of halogens is 1. The Kier molecular flexibility index (Phi) is 2.82. The van der Waals surface area contributed by atoms with Gasteiger partial charge in [0.1, 0.15) is 6.33 Å². The molecule has 0 aliphatic rings. The van der Waals surface area contributed by atoms with Gasteiger partial charge in [-0.25, -0.2) is 8.96 Å². The molecule has 0 saturated heterocycles. The molecule has 1 aromatic heterocycles. The lowest BCUT2D eigenvalue weighted by Crippen LogP contribution is -2.07. The molecule has 0 amide bonds. The van der Waals surface area contributed by atoms with Gasteiger partial charge in [0, 0.05) is 12.4 Å². The number of hydrogen-bond donors (Lipinski definition) is 1. The Morgan fingerprint density at radius 2 is 2.10 bits per heavy atom. The highest BCUT2D eigenvalue weighted by Crippen LogP contribution is 1.89. The Morgan fingerprint density at radius 3 is 2.30 bits per heavy atom. The third kappa shape index (κ3) is 1.98. The highest BCUT2D eigenvalue weighted by molar-refractivity contribution is 7.84. The first-order chi connectivity index (χ1) is 4.11. The molecular weight excluding hydrogens is 180 g/mol. The molecule has 0 radical (unpaired) electrons. The fourth-order valence-corrected chi connectivity index (χ4v) is 0.765. The first-order valence-corrected chi connectivity index (χ1v) is 3.46. The molecule has 0 aliphatic carbocycles. The predicted molar refractivity (Wildman–Crippen MR) is 36.4 cm³/mol. The van der Waals surface area contributed by atoms with E-state index in [9.17, 15) is 8.42 Å². The molecule has 58 valence electrons. The maximum atomic E-state index is 10.2. The molecule has 1 aromatic rings. The number of nitrogens with zero attached hydrogens (tertiary/aromatic N) is 2. The summed E-state index contributed by atoms with van der Waals surface area (Å²) in [6.07, 6.45) is 3.39. The molecular formula is C3H5ClN2O3S. The van der Waals surface area contributed by atoms with E-state index in [1.165, 1.54) is 6.20 Å². The van der Waals surface area contributed by atoms with Crippen LogP contribution < -0.4 is 0 Å². The van der Waals surface area contributed by atoms with E-state index in [0.29, 0.717) is 3.97 Å². The van der Waals surface area contributed by atoms with Gasteiger partial charge >= 0.3 is 10.3 Å². The summed E-state index contributed by atoms with van der Waals surface area (Å²) in [7, 11) is -4.11. The average Bonchev–Trinajstić information content (AvgIpc) is 2.08. The van der Waals surface area contributed by atoms with Crippen molar-refractivity contribution in [1.82, 2.24) is 8.96 Å². The molecule has 1 heterocycles. The summed E-state index contributed by atoms with van der Waals surface area (Å²) in [5.41, 5.74) is 0. The molecule has 0 aliphatic heterocycles. The van der Waals surface area contributed by atoms with Crippen LogP contribution in [0.2, 0.25) is 0 Å². The van der Waals surface area contributed by atoms with E-state index in [1.807, 2.05) is 0 Å². The summed E-state index contributed by atoms with van der Waals surface area (Å²) in [5.74, 6) is 0. The van der Waals surface area contributed by atoms with Crippen LogP contribution >= 0.6 is 12.4 Å². The quantitative estimate of drug-likeness (QED) is 0.622. The number of rotatable bonds is 1. The molecule has 10 heavy (non-hydrogen) atoms. The lowest BCUT2D eigenvalue weighted by molar-refractivity contribution is 0.472. The normalized spacial score (nSPS) is 10.5. The smallest absolute Gasteiger partial charge is 0.269 e. The molecule has 7 heteroatoms. The SMILES string of the molecule is Cl.O=S(=O)(O)n1ccnc1. The fourth-order valence-electron chi connectivity index (χ4n) is 0.383. The minimum absolute atomic E-state index is 0. The van der Waals surface area contributed by atoms with Crippen molar-refractivity contribution in [2.75, 3.05) is 0 Å². The maximum absolute atomic E-state index is 10.2. The standard InChI is InChI=1S/C3H4N2O3S.ClH/c6-9(7,8)5-2-1-4-3-5;/h1-3H,(H,6,7,8);1H. The van der Waals surface area contributed by atoms with E-state index in [1.54, 1.807) is 0 Å². The van der Waals surface area contributed by atoms with Gasteiger partial charge in [0.2, 0.25) is 0 Å². The molecule has 0 fully saturated rings. The van der Waals surface area contributed by atoms with Crippen LogP contribution in [0.3, 0.4) is 0 Å². The van der Waals surface area contributed by atoms with E-state index in [0.717, 1.165) is 12.5 Å². The first kappa shape index (κ1) is 9.41. The number of aromatic nitrogens is 2. The summed E-state index contributed by atoms with van der Waals surface area (Å²) in [5, 5.41) is 0. The average molecular weight is 185 g/mol. The summed E-state index contributed by atoms with van der Waals surface area (Å²) in [6, 6.07) is 0. The van der Waals surface area contributed by atoms with Crippen molar-refractivity contribution in [2.45, 2.75) is 0 Å². The second-order valence-electron chi connectivity index (χ2n) is 1.37. The minimum atomic E-state index is -4.11. The molecule has 0 bridgehead atoms. The molecule has 1 rings (SSSR count). The molecule has 0 saturated carbocycles. The van der Waals surface area contributed by atoms with Crippen molar-refractivity contribution >= 4 is 22.7 Å². The molecule has 0 atom stereocenters. The van der Waals surface area contributed by atoms with Crippen LogP contribution in [0.1, 0.15) is 0 Å². The molecule has 0 unspecified atom stereocenters. The Morgan fingerprint density at radius 1 is 1.50 bits per heavy atom. The van der Waals surface area contributed by atoms with E-state index >= 15 is 0 Å². The third-order valence-corrected chi connectivity index (χ3v) is 1.50. The predicted octanol–water partition coefficient (Wildman–Crippen LogP) is -0.0442. The van der Waals surface area contributed by atoms with E-state index in [4.69, 9.17) is 4.55 Å². The second kappa shape index (κ2) is 3.00. The summed E-state index contributed by atoms with van der Waals surface area (Å²) >= 11 is 0. The van der Waals surface area contributed by atoms with Gasteiger partial charge in [-0.2, -0.15) is 8.42 Å². The third-order valence-electron chi connectivity index (χ3n) is 0.747. The Hall–Kier alpha value is -0.590. The van der Waals surface area contributed by atoms with Gasteiger partial charge in [-0.1, -0.05) is 0 Å². The summed E-state index contributed by atoms with van der Waals surface area (Å²) < 4.78 is 29.2. The highest BCUT2D eigenvalue weighted by atomic mass is 35.5. The second-order valence-corrected chi connectivity index (χ2v) is 2.69. The van der Waals surface area contributed by atoms with Gasteiger partial charge in [-0.3, -0.25) is 4.55 Å². The monoisotopic (exact) mass is 184 g/mol. The van der Waals surface area contributed by atoms with Gasteiger partial charge in [-0.05, 0) is 0 Å². The largest absolute Gasteiger partial charge is 0.364 e. The van der Waals surface area contributed by atoms with E-state index < -0.39 is 10.3 Å². The number of imidazole rings is 1. The first-order valence-electron chi connectivity index (χ1n) is 2.06. The Labute approximate surface area is 64.0 Å². The van der Waals surface area contributed by atoms with Gasteiger partial charge in [0.15, 0.2) is 0 Å². The topological polar surface area (TPSA) is 72.2 Å². The van der Waals surface area contributed by atoms with Crippen LogP contribution in [0.25, 0.3) is 0 Å². The zero-order valence-corrected chi connectivity index (χ0v) is 6.34. The van der Waals surface area contributed by atoms with E-state index in [2.05, 4.69) is 4.98 Å². The number of hydrogen-bond acceptors (Lipinski definition) is 3. The van der Waals surface area contributed by atoms with Crippen molar-refractivity contribution in [3.63, 3.8) is 0 Å². The Bertz CT molecular complexity index is 279. The van der Waals surface area contributed by atoms with Crippen LogP contribution in [-0.2, 0) is 10.3 Å².